The van der Waals surface area contributed by atoms with Gasteiger partial charge in [-0.3, -0.25) is 10.0 Å². The molecule has 0 aliphatic heterocycles. The zero-order valence-electron chi connectivity index (χ0n) is 11.5. The number of carbonyl (C=O) groups excluding carboxylic acids is 1. The van der Waals surface area contributed by atoms with Gasteiger partial charge < -0.3 is 9.30 Å². The van der Waals surface area contributed by atoms with Crippen LogP contribution in [-0.4, -0.2) is 22.3 Å². The quantitative estimate of drug-likeness (QED) is 0.489. The third kappa shape index (κ3) is 4.16. The molecular formula is C15H14F2N2O3. The average Bonchev–Trinajstić information content (AvgIpc) is 2.96. The van der Waals surface area contributed by atoms with Crippen molar-refractivity contribution in [2.45, 2.75) is 6.54 Å². The van der Waals surface area contributed by atoms with Gasteiger partial charge >= 0.3 is 0 Å². The molecule has 0 spiro atoms. The van der Waals surface area contributed by atoms with Crippen molar-refractivity contribution >= 4 is 12.0 Å². The molecule has 0 aliphatic rings. The first kappa shape index (κ1) is 15.7. The molecule has 1 aromatic carbocycles. The lowest BCUT2D eigenvalue weighted by atomic mass is 10.3. The summed E-state index contributed by atoms with van der Waals surface area (Å²) in [5.74, 6) is -2.28. The van der Waals surface area contributed by atoms with Crippen LogP contribution < -0.4 is 10.2 Å². The molecule has 1 aromatic heterocycles. The number of carbonyl (C=O) groups is 1. The molecule has 2 aromatic rings. The van der Waals surface area contributed by atoms with E-state index in [9.17, 15) is 13.6 Å². The molecule has 5 nitrogen and oxygen atoms in total. The molecule has 116 valence electrons. The Labute approximate surface area is 125 Å². The lowest BCUT2D eigenvalue weighted by molar-refractivity contribution is -0.124. The van der Waals surface area contributed by atoms with Crippen molar-refractivity contribution in [2.75, 3.05) is 6.61 Å². The Kier molecular flexibility index (Phi) is 5.26. The van der Waals surface area contributed by atoms with Gasteiger partial charge in [0.2, 0.25) is 0 Å². The van der Waals surface area contributed by atoms with Crippen LogP contribution in [0.5, 0.6) is 5.75 Å². The number of aromatic nitrogens is 1. The highest BCUT2D eigenvalue weighted by molar-refractivity contribution is 5.90. The van der Waals surface area contributed by atoms with E-state index >= 15 is 0 Å². The molecule has 7 heteroatoms. The molecule has 0 aliphatic carbocycles. The second kappa shape index (κ2) is 7.37. The van der Waals surface area contributed by atoms with E-state index < -0.39 is 17.5 Å². The number of halogens is 2. The first-order valence-corrected chi connectivity index (χ1v) is 6.45. The summed E-state index contributed by atoms with van der Waals surface area (Å²) in [6.45, 7) is 0.694. The highest BCUT2D eigenvalue weighted by atomic mass is 19.2. The summed E-state index contributed by atoms with van der Waals surface area (Å²) < 4.78 is 33.0. The number of hydrogen-bond acceptors (Lipinski definition) is 3. The van der Waals surface area contributed by atoms with Gasteiger partial charge in [0, 0.05) is 24.0 Å². The van der Waals surface area contributed by atoms with Crippen molar-refractivity contribution in [3.63, 3.8) is 0 Å². The Balaban J connectivity index is 1.92. The van der Waals surface area contributed by atoms with E-state index in [1.165, 1.54) is 23.7 Å². The molecule has 0 fully saturated rings. The van der Waals surface area contributed by atoms with E-state index in [0.29, 0.717) is 6.54 Å². The second-order valence-electron chi connectivity index (χ2n) is 4.36. The number of nitrogens with zero attached hydrogens (tertiary/aromatic N) is 1. The van der Waals surface area contributed by atoms with Crippen LogP contribution in [0.25, 0.3) is 6.08 Å². The average molecular weight is 308 g/mol. The predicted molar refractivity (Wildman–Crippen MR) is 75.2 cm³/mol. The summed E-state index contributed by atoms with van der Waals surface area (Å²) in [4.78, 5) is 10.9. The number of benzene rings is 1. The molecule has 2 N–H and O–H groups in total. The smallest absolute Gasteiger partial charge is 0.267 e. The number of nitrogens with one attached hydrogen (secondary N) is 1. The van der Waals surface area contributed by atoms with Gasteiger partial charge in [-0.05, 0) is 30.3 Å². The van der Waals surface area contributed by atoms with Crippen molar-refractivity contribution in [1.29, 1.82) is 0 Å². The molecule has 0 radical (unpaired) electrons. The first-order chi connectivity index (χ1) is 10.6. The minimum atomic E-state index is -0.961. The van der Waals surface area contributed by atoms with Gasteiger partial charge in [0.15, 0.2) is 11.6 Å². The third-order valence-corrected chi connectivity index (χ3v) is 2.87. The van der Waals surface area contributed by atoms with Crippen LogP contribution >= 0.6 is 0 Å². The molecule has 0 unspecified atom stereocenters. The number of amides is 1. The van der Waals surface area contributed by atoms with Gasteiger partial charge in [0.05, 0.1) is 6.54 Å². The lowest BCUT2D eigenvalue weighted by Crippen LogP contribution is -2.15. The Morgan fingerprint density at radius 3 is 2.86 bits per heavy atom. The van der Waals surface area contributed by atoms with Gasteiger partial charge in [-0.1, -0.05) is 0 Å². The van der Waals surface area contributed by atoms with E-state index in [0.717, 1.165) is 17.8 Å². The molecular weight excluding hydrogens is 294 g/mol. The van der Waals surface area contributed by atoms with E-state index in [4.69, 9.17) is 9.94 Å². The summed E-state index contributed by atoms with van der Waals surface area (Å²) in [7, 11) is 0. The van der Waals surface area contributed by atoms with Gasteiger partial charge in [-0.15, -0.1) is 0 Å². The monoisotopic (exact) mass is 308 g/mol. The third-order valence-electron chi connectivity index (χ3n) is 2.87. The summed E-state index contributed by atoms with van der Waals surface area (Å²) in [6, 6.07) is 6.90. The zero-order valence-corrected chi connectivity index (χ0v) is 11.5. The van der Waals surface area contributed by atoms with Crippen molar-refractivity contribution in [1.82, 2.24) is 10.0 Å². The molecule has 0 saturated heterocycles. The van der Waals surface area contributed by atoms with Crippen molar-refractivity contribution in [2.24, 2.45) is 0 Å². The zero-order chi connectivity index (χ0) is 15.9. The largest absolute Gasteiger partial charge is 0.492 e. The Morgan fingerprint density at radius 2 is 2.14 bits per heavy atom. The highest BCUT2D eigenvalue weighted by Gasteiger charge is 2.04. The molecule has 22 heavy (non-hydrogen) atoms. The number of rotatable bonds is 6. The van der Waals surface area contributed by atoms with Gasteiger partial charge in [0.1, 0.15) is 12.4 Å². The van der Waals surface area contributed by atoms with Crippen LogP contribution in [-0.2, 0) is 11.3 Å². The summed E-state index contributed by atoms with van der Waals surface area (Å²) in [5.41, 5.74) is 2.23. The van der Waals surface area contributed by atoms with E-state index in [2.05, 4.69) is 0 Å². The normalized spacial score (nSPS) is 10.9. The SMILES string of the molecule is O=C(/C=C/c1cccn1CCOc1ccc(F)c(F)c1)NO. The fourth-order valence-corrected chi connectivity index (χ4v) is 1.81. The Morgan fingerprint density at radius 1 is 1.32 bits per heavy atom. The first-order valence-electron chi connectivity index (χ1n) is 6.45. The van der Waals surface area contributed by atoms with Crippen molar-refractivity contribution in [3.8, 4) is 5.75 Å². The van der Waals surface area contributed by atoms with Crippen LogP contribution in [0.15, 0.2) is 42.6 Å². The van der Waals surface area contributed by atoms with Crippen LogP contribution in [0.3, 0.4) is 0 Å². The molecule has 0 atom stereocenters. The fraction of sp³-hybridized carbons (Fsp3) is 0.133. The van der Waals surface area contributed by atoms with E-state index in [-0.39, 0.29) is 12.4 Å². The number of ether oxygens (including phenoxy) is 1. The molecule has 1 amide bonds. The minimum absolute atomic E-state index is 0.239. The van der Waals surface area contributed by atoms with Gasteiger partial charge in [0.25, 0.3) is 5.91 Å². The van der Waals surface area contributed by atoms with E-state index in [1.807, 2.05) is 0 Å². The maximum Gasteiger partial charge on any atom is 0.267 e. The molecule has 1 heterocycles. The van der Waals surface area contributed by atoms with Crippen molar-refractivity contribution in [3.05, 3.63) is 59.9 Å². The van der Waals surface area contributed by atoms with Crippen LogP contribution in [0.2, 0.25) is 0 Å². The Hall–Kier alpha value is -2.67. The predicted octanol–water partition coefficient (Wildman–Crippen LogP) is 2.36. The second-order valence-corrected chi connectivity index (χ2v) is 4.36. The summed E-state index contributed by atoms with van der Waals surface area (Å²) in [6.07, 6.45) is 4.50. The van der Waals surface area contributed by atoms with E-state index in [1.54, 1.807) is 22.9 Å². The highest BCUT2D eigenvalue weighted by Crippen LogP contribution is 2.15. The summed E-state index contributed by atoms with van der Waals surface area (Å²) >= 11 is 0. The molecule has 0 bridgehead atoms. The molecule has 0 saturated carbocycles. The molecule has 2 rings (SSSR count). The maximum atomic E-state index is 13.0. The summed E-state index contributed by atoms with van der Waals surface area (Å²) in [5, 5.41) is 8.41. The minimum Gasteiger partial charge on any atom is -0.492 e. The number of hydroxylamine groups is 1. The van der Waals surface area contributed by atoms with Crippen molar-refractivity contribution < 1.29 is 23.5 Å². The maximum absolute atomic E-state index is 13.0. The Bertz CT molecular complexity index is 683. The lowest BCUT2D eigenvalue weighted by Gasteiger charge is -2.09. The van der Waals surface area contributed by atoms with Gasteiger partial charge in [-0.25, -0.2) is 14.3 Å². The topological polar surface area (TPSA) is 63.5 Å². The standard InChI is InChI=1S/C15H14F2N2O3/c16-13-5-4-12(10-14(13)17)22-9-8-19-7-1-2-11(19)3-6-15(20)18-21/h1-7,10,21H,8-9H2,(H,18,20)/b6-3+. The van der Waals surface area contributed by atoms with Gasteiger partial charge in [-0.2, -0.15) is 0 Å². The van der Waals surface area contributed by atoms with Crippen LogP contribution in [0, 0.1) is 11.6 Å². The van der Waals surface area contributed by atoms with Crippen LogP contribution in [0.4, 0.5) is 8.78 Å². The van der Waals surface area contributed by atoms with Crippen LogP contribution in [0.1, 0.15) is 5.69 Å². The fourth-order valence-electron chi connectivity index (χ4n) is 1.81. The number of hydrogen-bond donors (Lipinski definition) is 2.